The van der Waals surface area contributed by atoms with Gasteiger partial charge in [-0.15, -0.1) is 24.8 Å². The SMILES string of the molecule is N#CCc1cc(C(F)F)c(CCl)nc1OC(F)(F)F. The van der Waals surface area contributed by atoms with Gasteiger partial charge in [0, 0.05) is 11.1 Å². The summed E-state index contributed by atoms with van der Waals surface area (Å²) < 4.78 is 65.3. The van der Waals surface area contributed by atoms with Gasteiger partial charge >= 0.3 is 6.36 Å². The molecule has 1 rings (SSSR count). The lowest BCUT2D eigenvalue weighted by Gasteiger charge is -2.14. The molecule has 9 heteroatoms. The Morgan fingerprint density at radius 2 is 2.05 bits per heavy atom. The van der Waals surface area contributed by atoms with Crippen molar-refractivity contribution in [1.29, 1.82) is 5.26 Å². The molecule has 0 saturated carbocycles. The van der Waals surface area contributed by atoms with Crippen LogP contribution in [0.4, 0.5) is 22.0 Å². The van der Waals surface area contributed by atoms with E-state index in [4.69, 9.17) is 16.9 Å². The first-order chi connectivity index (χ1) is 8.78. The monoisotopic (exact) mass is 300 g/mol. The summed E-state index contributed by atoms with van der Waals surface area (Å²) in [5.41, 5.74) is -1.41. The van der Waals surface area contributed by atoms with Crippen LogP contribution in [0.2, 0.25) is 0 Å². The second-order valence-electron chi connectivity index (χ2n) is 3.31. The molecule has 1 heterocycles. The lowest BCUT2D eigenvalue weighted by Crippen LogP contribution is -2.20. The van der Waals surface area contributed by atoms with E-state index in [0.717, 1.165) is 6.07 Å². The van der Waals surface area contributed by atoms with Crippen LogP contribution in [0.3, 0.4) is 0 Å². The van der Waals surface area contributed by atoms with Gasteiger partial charge in [-0.05, 0) is 6.07 Å². The molecule has 0 aliphatic rings. The zero-order chi connectivity index (χ0) is 14.6. The molecule has 0 aromatic carbocycles. The first-order valence-corrected chi connectivity index (χ1v) is 5.31. The van der Waals surface area contributed by atoms with Crippen LogP contribution in [0.15, 0.2) is 6.07 Å². The van der Waals surface area contributed by atoms with Gasteiger partial charge in [0.1, 0.15) is 0 Å². The summed E-state index contributed by atoms with van der Waals surface area (Å²) in [4.78, 5) is 3.31. The molecule has 1 aromatic heterocycles. The summed E-state index contributed by atoms with van der Waals surface area (Å²) in [5, 5.41) is 8.47. The van der Waals surface area contributed by atoms with Crippen LogP contribution in [0.1, 0.15) is 23.2 Å². The Morgan fingerprint density at radius 3 is 2.47 bits per heavy atom. The predicted molar refractivity (Wildman–Crippen MR) is 54.8 cm³/mol. The summed E-state index contributed by atoms with van der Waals surface area (Å²) in [6.07, 6.45) is -8.54. The van der Waals surface area contributed by atoms with Gasteiger partial charge in [-0.3, -0.25) is 0 Å². The average molecular weight is 301 g/mol. The molecule has 3 nitrogen and oxygen atoms in total. The molecule has 0 fully saturated rings. The zero-order valence-electron chi connectivity index (χ0n) is 9.14. The smallest absolute Gasteiger partial charge is 0.388 e. The molecule has 0 unspecified atom stereocenters. The average Bonchev–Trinajstić information content (AvgIpc) is 2.28. The van der Waals surface area contributed by atoms with Crippen molar-refractivity contribution in [3.63, 3.8) is 0 Å². The summed E-state index contributed by atoms with van der Waals surface area (Å²) in [5.74, 6) is -1.44. The predicted octanol–water partition coefficient (Wildman–Crippen LogP) is 3.72. The van der Waals surface area contributed by atoms with E-state index in [9.17, 15) is 22.0 Å². The Hall–Kier alpha value is -1.62. The standard InChI is InChI=1S/C10H6ClF5N2O/c11-4-7-6(8(12)13)3-5(1-2-17)9(18-7)19-10(14,15)16/h3,8H,1,4H2. The first-order valence-electron chi connectivity index (χ1n) is 4.78. The van der Waals surface area contributed by atoms with Gasteiger partial charge in [0.05, 0.1) is 24.1 Å². The number of nitriles is 1. The molecule has 19 heavy (non-hydrogen) atoms. The summed E-state index contributed by atoms with van der Waals surface area (Å²) in [6, 6.07) is 2.30. The quantitative estimate of drug-likeness (QED) is 0.629. The number of hydrogen-bond acceptors (Lipinski definition) is 3. The fraction of sp³-hybridized carbons (Fsp3) is 0.400. The van der Waals surface area contributed by atoms with E-state index in [2.05, 4.69) is 9.72 Å². The minimum atomic E-state index is -5.03. The van der Waals surface area contributed by atoms with Crippen molar-refractivity contribution in [2.24, 2.45) is 0 Å². The van der Waals surface area contributed by atoms with E-state index < -0.39 is 42.2 Å². The maximum Gasteiger partial charge on any atom is 0.574 e. The molecule has 0 aliphatic carbocycles. The minimum Gasteiger partial charge on any atom is -0.388 e. The second kappa shape index (κ2) is 6.02. The van der Waals surface area contributed by atoms with Crippen LogP contribution in [-0.4, -0.2) is 11.3 Å². The highest BCUT2D eigenvalue weighted by atomic mass is 35.5. The van der Waals surface area contributed by atoms with E-state index in [1.807, 2.05) is 0 Å². The topological polar surface area (TPSA) is 45.9 Å². The van der Waals surface area contributed by atoms with Crippen LogP contribution in [-0.2, 0) is 12.3 Å². The van der Waals surface area contributed by atoms with Crippen LogP contribution < -0.4 is 4.74 Å². The van der Waals surface area contributed by atoms with E-state index in [1.165, 1.54) is 0 Å². The summed E-state index contributed by atoms with van der Waals surface area (Å²) in [7, 11) is 0. The van der Waals surface area contributed by atoms with Gasteiger partial charge in [-0.2, -0.15) is 5.26 Å². The molecule has 0 N–H and O–H groups in total. The molecule has 0 spiro atoms. The third-order valence-corrected chi connectivity index (χ3v) is 2.27. The molecule has 104 valence electrons. The van der Waals surface area contributed by atoms with Gasteiger partial charge in [0.2, 0.25) is 5.88 Å². The Kier molecular flexibility index (Phi) is 4.89. The van der Waals surface area contributed by atoms with Crippen molar-refractivity contribution in [1.82, 2.24) is 4.98 Å². The van der Waals surface area contributed by atoms with E-state index in [0.29, 0.717) is 0 Å². The van der Waals surface area contributed by atoms with Crippen molar-refractivity contribution in [2.45, 2.75) is 25.1 Å². The minimum absolute atomic E-state index is 0.371. The zero-order valence-corrected chi connectivity index (χ0v) is 9.90. The molecular weight excluding hydrogens is 295 g/mol. The third-order valence-electron chi connectivity index (χ3n) is 2.02. The van der Waals surface area contributed by atoms with Crippen molar-refractivity contribution >= 4 is 11.6 Å². The lowest BCUT2D eigenvalue weighted by atomic mass is 10.1. The summed E-state index contributed by atoms with van der Waals surface area (Å²) in [6.45, 7) is 0. The Balaban J connectivity index is 3.32. The molecule has 1 aromatic rings. The molecule has 0 saturated heterocycles. The van der Waals surface area contributed by atoms with E-state index >= 15 is 0 Å². The number of nitrogens with zero attached hydrogens (tertiary/aromatic N) is 2. The number of rotatable bonds is 4. The number of halogens is 6. The Labute approximate surface area is 109 Å². The third kappa shape index (κ3) is 4.21. The highest BCUT2D eigenvalue weighted by molar-refractivity contribution is 6.17. The van der Waals surface area contributed by atoms with Gasteiger partial charge in [0.15, 0.2) is 0 Å². The Morgan fingerprint density at radius 1 is 1.42 bits per heavy atom. The van der Waals surface area contributed by atoms with Crippen LogP contribution >= 0.6 is 11.6 Å². The molecular formula is C10H6ClF5N2O. The van der Waals surface area contributed by atoms with Crippen molar-refractivity contribution in [3.05, 3.63) is 22.9 Å². The number of alkyl halides is 6. The lowest BCUT2D eigenvalue weighted by molar-refractivity contribution is -0.276. The van der Waals surface area contributed by atoms with Crippen LogP contribution in [0.25, 0.3) is 0 Å². The fourth-order valence-corrected chi connectivity index (χ4v) is 1.51. The second-order valence-corrected chi connectivity index (χ2v) is 3.57. The number of ether oxygens (including phenoxy) is 1. The van der Waals surface area contributed by atoms with Crippen molar-refractivity contribution in [2.75, 3.05) is 0 Å². The molecule has 0 atom stereocenters. The van der Waals surface area contributed by atoms with Crippen molar-refractivity contribution < 1.29 is 26.7 Å². The normalized spacial score (nSPS) is 11.5. The first kappa shape index (κ1) is 15.4. The molecule has 0 bridgehead atoms. The molecule has 0 aliphatic heterocycles. The highest BCUT2D eigenvalue weighted by Gasteiger charge is 2.33. The molecule has 0 amide bonds. The van der Waals surface area contributed by atoms with Gasteiger partial charge in [-0.25, -0.2) is 13.8 Å². The van der Waals surface area contributed by atoms with Crippen LogP contribution in [0.5, 0.6) is 5.88 Å². The van der Waals surface area contributed by atoms with E-state index in [-0.39, 0.29) is 5.56 Å². The number of aromatic nitrogens is 1. The fourth-order valence-electron chi connectivity index (χ4n) is 1.30. The maximum absolute atomic E-state index is 12.7. The number of pyridine rings is 1. The van der Waals surface area contributed by atoms with Gasteiger partial charge < -0.3 is 4.74 Å². The Bertz CT molecular complexity index is 498. The van der Waals surface area contributed by atoms with Gasteiger partial charge in [-0.1, -0.05) is 0 Å². The van der Waals surface area contributed by atoms with Crippen molar-refractivity contribution in [3.8, 4) is 11.9 Å². The largest absolute Gasteiger partial charge is 0.574 e. The van der Waals surface area contributed by atoms with Gasteiger partial charge in [0.25, 0.3) is 6.43 Å². The number of hydrogen-bond donors (Lipinski definition) is 0. The summed E-state index contributed by atoms with van der Waals surface area (Å²) >= 11 is 5.35. The van der Waals surface area contributed by atoms with E-state index in [1.54, 1.807) is 6.07 Å². The maximum atomic E-state index is 12.7. The highest BCUT2D eigenvalue weighted by Crippen LogP contribution is 2.31. The van der Waals surface area contributed by atoms with Crippen LogP contribution in [0, 0.1) is 11.3 Å². The molecule has 0 radical (unpaired) electrons.